The van der Waals surface area contributed by atoms with Crippen LogP contribution in [0.3, 0.4) is 0 Å². The van der Waals surface area contributed by atoms with Gasteiger partial charge < -0.3 is 9.47 Å². The normalized spacial score (nSPS) is 15.5. The summed E-state index contributed by atoms with van der Waals surface area (Å²) in [5.41, 5.74) is 3.05. The second-order valence-electron chi connectivity index (χ2n) is 6.36. The van der Waals surface area contributed by atoms with Gasteiger partial charge in [-0.1, -0.05) is 0 Å². The molecule has 5 nitrogen and oxygen atoms in total. The smallest absolute Gasteiger partial charge is 0.254 e. The Labute approximate surface area is 151 Å². The molecule has 0 spiro atoms. The first-order chi connectivity index (χ1) is 12.2. The summed E-state index contributed by atoms with van der Waals surface area (Å²) < 4.78 is 2.32. The van der Waals surface area contributed by atoms with E-state index < -0.39 is 0 Å². The molecule has 0 unspecified atom stereocenters. The molecule has 0 atom stereocenters. The molecule has 6 heteroatoms. The number of thiophene rings is 1. The van der Waals surface area contributed by atoms with Crippen LogP contribution >= 0.6 is 11.3 Å². The van der Waals surface area contributed by atoms with E-state index in [4.69, 9.17) is 0 Å². The highest BCUT2D eigenvalue weighted by Gasteiger charge is 2.27. The van der Waals surface area contributed by atoms with Crippen molar-refractivity contribution in [2.24, 2.45) is 0 Å². The van der Waals surface area contributed by atoms with Crippen molar-refractivity contribution in [2.75, 3.05) is 13.1 Å². The minimum absolute atomic E-state index is 0.149. The standard InChI is InChI=1S/C19H20N4OS/c1-14-12-21-18(15-2-7-20-8-3-15)23(14)17-4-9-22(10-5-17)19(24)16-6-11-25-13-16/h2-3,6-8,11-13,17H,4-5,9-10H2,1H3. The monoisotopic (exact) mass is 352 g/mol. The lowest BCUT2D eigenvalue weighted by Crippen LogP contribution is -2.39. The van der Waals surface area contributed by atoms with E-state index in [1.54, 1.807) is 23.7 Å². The van der Waals surface area contributed by atoms with Crippen molar-refractivity contribution in [3.63, 3.8) is 0 Å². The summed E-state index contributed by atoms with van der Waals surface area (Å²) >= 11 is 1.57. The van der Waals surface area contributed by atoms with E-state index in [2.05, 4.69) is 21.5 Å². The maximum atomic E-state index is 12.5. The number of pyridine rings is 1. The second kappa shape index (κ2) is 6.80. The Morgan fingerprint density at radius 2 is 1.96 bits per heavy atom. The van der Waals surface area contributed by atoms with E-state index in [9.17, 15) is 4.79 Å². The molecule has 0 aliphatic carbocycles. The van der Waals surface area contributed by atoms with Crippen molar-refractivity contribution in [3.05, 3.63) is 58.8 Å². The summed E-state index contributed by atoms with van der Waals surface area (Å²) in [6.07, 6.45) is 7.42. The number of aryl methyl sites for hydroxylation is 1. The van der Waals surface area contributed by atoms with E-state index in [0.717, 1.165) is 48.6 Å². The first kappa shape index (κ1) is 16.0. The van der Waals surface area contributed by atoms with Crippen molar-refractivity contribution in [2.45, 2.75) is 25.8 Å². The van der Waals surface area contributed by atoms with Crippen molar-refractivity contribution in [1.82, 2.24) is 19.4 Å². The number of nitrogens with zero attached hydrogens (tertiary/aromatic N) is 4. The molecule has 1 aliphatic heterocycles. The first-order valence-electron chi connectivity index (χ1n) is 8.50. The number of amides is 1. The Bertz CT molecular complexity index is 849. The molecule has 4 heterocycles. The van der Waals surface area contributed by atoms with Gasteiger partial charge >= 0.3 is 0 Å². The maximum Gasteiger partial charge on any atom is 0.254 e. The molecule has 0 saturated carbocycles. The SMILES string of the molecule is Cc1cnc(-c2ccncc2)n1C1CCN(C(=O)c2ccsc2)CC1. The van der Waals surface area contributed by atoms with Crippen molar-refractivity contribution < 1.29 is 4.79 Å². The summed E-state index contributed by atoms with van der Waals surface area (Å²) in [6.45, 7) is 3.67. The van der Waals surface area contributed by atoms with Crippen LogP contribution in [0.15, 0.2) is 47.5 Å². The van der Waals surface area contributed by atoms with Crippen LogP contribution in [0.25, 0.3) is 11.4 Å². The molecule has 0 N–H and O–H groups in total. The Hall–Kier alpha value is -2.47. The number of rotatable bonds is 3. The van der Waals surface area contributed by atoms with Crippen LogP contribution in [0, 0.1) is 6.92 Å². The van der Waals surface area contributed by atoms with Crippen LogP contribution in [0.2, 0.25) is 0 Å². The lowest BCUT2D eigenvalue weighted by Gasteiger charge is -2.33. The molecule has 1 amide bonds. The predicted octanol–water partition coefficient (Wildman–Crippen LogP) is 3.79. The van der Waals surface area contributed by atoms with Gasteiger partial charge in [-0.3, -0.25) is 9.78 Å². The average molecular weight is 352 g/mol. The highest BCUT2D eigenvalue weighted by molar-refractivity contribution is 7.08. The number of likely N-dealkylation sites (tertiary alicyclic amines) is 1. The Morgan fingerprint density at radius 1 is 1.20 bits per heavy atom. The van der Waals surface area contributed by atoms with Crippen LogP contribution in [-0.2, 0) is 0 Å². The van der Waals surface area contributed by atoms with Gasteiger partial charge in [0.15, 0.2) is 0 Å². The quantitative estimate of drug-likeness (QED) is 0.720. The van der Waals surface area contributed by atoms with Gasteiger partial charge in [0.2, 0.25) is 0 Å². The molecule has 3 aromatic rings. The van der Waals surface area contributed by atoms with Gasteiger partial charge in [-0.2, -0.15) is 11.3 Å². The van der Waals surface area contributed by atoms with E-state index >= 15 is 0 Å². The van der Waals surface area contributed by atoms with Crippen LogP contribution in [-0.4, -0.2) is 38.4 Å². The van der Waals surface area contributed by atoms with Crippen molar-refractivity contribution >= 4 is 17.2 Å². The summed E-state index contributed by atoms with van der Waals surface area (Å²) in [6, 6.07) is 6.26. The fraction of sp³-hybridized carbons (Fsp3) is 0.316. The zero-order valence-electron chi connectivity index (χ0n) is 14.1. The molecular formula is C19H20N4OS. The van der Waals surface area contributed by atoms with Crippen molar-refractivity contribution in [1.29, 1.82) is 0 Å². The molecule has 3 aromatic heterocycles. The molecule has 1 fully saturated rings. The number of hydrogen-bond donors (Lipinski definition) is 0. The lowest BCUT2D eigenvalue weighted by atomic mass is 10.0. The number of piperidine rings is 1. The van der Waals surface area contributed by atoms with Crippen LogP contribution in [0.1, 0.15) is 34.9 Å². The minimum Gasteiger partial charge on any atom is -0.338 e. The fourth-order valence-electron chi connectivity index (χ4n) is 3.52. The van der Waals surface area contributed by atoms with Crippen molar-refractivity contribution in [3.8, 4) is 11.4 Å². The highest BCUT2D eigenvalue weighted by Crippen LogP contribution is 2.30. The summed E-state index contributed by atoms with van der Waals surface area (Å²) in [5, 5.41) is 3.88. The van der Waals surface area contributed by atoms with E-state index in [1.807, 2.05) is 40.1 Å². The van der Waals surface area contributed by atoms with Crippen LogP contribution in [0.4, 0.5) is 0 Å². The molecule has 25 heavy (non-hydrogen) atoms. The summed E-state index contributed by atoms with van der Waals surface area (Å²) in [7, 11) is 0. The number of carbonyl (C=O) groups is 1. The zero-order valence-corrected chi connectivity index (χ0v) is 14.9. The molecule has 1 aliphatic rings. The largest absolute Gasteiger partial charge is 0.338 e. The molecule has 128 valence electrons. The fourth-order valence-corrected chi connectivity index (χ4v) is 4.15. The van der Waals surface area contributed by atoms with Gasteiger partial charge in [0.25, 0.3) is 5.91 Å². The Kier molecular flexibility index (Phi) is 4.36. The third-order valence-electron chi connectivity index (χ3n) is 4.81. The predicted molar refractivity (Wildman–Crippen MR) is 98.7 cm³/mol. The average Bonchev–Trinajstić information content (AvgIpc) is 3.32. The highest BCUT2D eigenvalue weighted by atomic mass is 32.1. The minimum atomic E-state index is 0.149. The number of aromatic nitrogens is 3. The third-order valence-corrected chi connectivity index (χ3v) is 5.49. The van der Waals surface area contributed by atoms with E-state index in [1.165, 1.54) is 0 Å². The zero-order chi connectivity index (χ0) is 17.2. The van der Waals surface area contributed by atoms with Gasteiger partial charge in [-0.05, 0) is 43.3 Å². The van der Waals surface area contributed by atoms with Crippen LogP contribution < -0.4 is 0 Å². The number of hydrogen-bond acceptors (Lipinski definition) is 4. The number of carbonyl (C=O) groups excluding carboxylic acids is 1. The van der Waals surface area contributed by atoms with Gasteiger partial charge in [-0.15, -0.1) is 0 Å². The number of imidazole rings is 1. The van der Waals surface area contributed by atoms with Gasteiger partial charge in [0, 0.05) is 54.4 Å². The van der Waals surface area contributed by atoms with Gasteiger partial charge in [0.1, 0.15) is 5.82 Å². The molecule has 1 saturated heterocycles. The lowest BCUT2D eigenvalue weighted by molar-refractivity contribution is 0.0695. The first-order valence-corrected chi connectivity index (χ1v) is 9.44. The Balaban J connectivity index is 1.52. The maximum absolute atomic E-state index is 12.5. The summed E-state index contributed by atoms with van der Waals surface area (Å²) in [5.74, 6) is 1.14. The third kappa shape index (κ3) is 3.09. The Morgan fingerprint density at radius 3 is 2.64 bits per heavy atom. The molecule has 0 radical (unpaired) electrons. The van der Waals surface area contributed by atoms with E-state index in [-0.39, 0.29) is 5.91 Å². The molecular weight excluding hydrogens is 332 g/mol. The topological polar surface area (TPSA) is 51.0 Å². The molecule has 4 rings (SSSR count). The van der Waals surface area contributed by atoms with Gasteiger partial charge in [0.05, 0.1) is 5.56 Å². The van der Waals surface area contributed by atoms with Crippen LogP contribution in [0.5, 0.6) is 0 Å². The molecule has 0 aromatic carbocycles. The summed E-state index contributed by atoms with van der Waals surface area (Å²) in [4.78, 5) is 23.2. The molecule has 0 bridgehead atoms. The van der Waals surface area contributed by atoms with Gasteiger partial charge in [-0.25, -0.2) is 4.98 Å². The van der Waals surface area contributed by atoms with E-state index in [0.29, 0.717) is 6.04 Å². The second-order valence-corrected chi connectivity index (χ2v) is 7.14.